The van der Waals surface area contributed by atoms with Crippen LogP contribution in [0.15, 0.2) is 24.3 Å². The molecule has 2 unspecified atom stereocenters. The molecule has 0 saturated carbocycles. The van der Waals surface area contributed by atoms with Crippen LogP contribution in [-0.2, 0) is 10.0 Å². The zero-order chi connectivity index (χ0) is 16.2. The van der Waals surface area contributed by atoms with Crippen molar-refractivity contribution >= 4 is 10.0 Å². The van der Waals surface area contributed by atoms with Crippen LogP contribution in [0.4, 0.5) is 0 Å². The quantitative estimate of drug-likeness (QED) is 0.755. The molecular weight excluding hydrogens is 304 g/mol. The summed E-state index contributed by atoms with van der Waals surface area (Å²) in [7, 11) is -1.80. The number of hydrogen-bond acceptors (Lipinski definition) is 5. The van der Waals surface area contributed by atoms with Gasteiger partial charge in [0.1, 0.15) is 18.5 Å². The number of aryl methyl sites for hydroxylation is 1. The van der Waals surface area contributed by atoms with Gasteiger partial charge in [0.2, 0.25) is 10.0 Å². The number of β-amino-alcohol motifs (C(OH)–C–C–N with tert-alkyl or cyclic N) is 1. The highest BCUT2D eigenvalue weighted by Gasteiger charge is 2.32. The van der Waals surface area contributed by atoms with Gasteiger partial charge in [-0.15, -0.1) is 0 Å². The van der Waals surface area contributed by atoms with Gasteiger partial charge in [-0.3, -0.25) is 4.90 Å². The van der Waals surface area contributed by atoms with Crippen molar-refractivity contribution in [2.45, 2.75) is 24.7 Å². The molecule has 1 aliphatic rings. The molecule has 0 bridgehead atoms. The Morgan fingerprint density at radius 2 is 2.18 bits per heavy atom. The van der Waals surface area contributed by atoms with Gasteiger partial charge >= 0.3 is 0 Å². The van der Waals surface area contributed by atoms with Crippen LogP contribution in [0.25, 0.3) is 0 Å². The highest BCUT2D eigenvalue weighted by Crippen LogP contribution is 2.18. The van der Waals surface area contributed by atoms with E-state index in [1.165, 1.54) is 7.05 Å². The van der Waals surface area contributed by atoms with Crippen molar-refractivity contribution in [2.75, 3.05) is 33.3 Å². The Kier molecular flexibility index (Phi) is 5.80. The predicted molar refractivity (Wildman–Crippen MR) is 85.5 cm³/mol. The lowest BCUT2D eigenvalue weighted by molar-refractivity contribution is 0.0756. The Morgan fingerprint density at radius 1 is 1.45 bits per heavy atom. The first-order valence-corrected chi connectivity index (χ1v) is 8.98. The van der Waals surface area contributed by atoms with Crippen LogP contribution in [0.1, 0.15) is 12.0 Å². The van der Waals surface area contributed by atoms with E-state index in [0.717, 1.165) is 11.3 Å². The third-order valence-corrected chi connectivity index (χ3v) is 5.78. The number of para-hydroxylation sites is 1. The van der Waals surface area contributed by atoms with Gasteiger partial charge in [-0.05, 0) is 38.6 Å². The topological polar surface area (TPSA) is 78.9 Å². The summed E-state index contributed by atoms with van der Waals surface area (Å²) in [6.45, 7) is 3.69. The predicted octanol–water partition coefficient (Wildman–Crippen LogP) is 0.358. The van der Waals surface area contributed by atoms with E-state index in [0.29, 0.717) is 26.1 Å². The zero-order valence-electron chi connectivity index (χ0n) is 13.0. The summed E-state index contributed by atoms with van der Waals surface area (Å²) in [5, 5.41) is 9.68. The smallest absolute Gasteiger partial charge is 0.215 e. The first-order chi connectivity index (χ1) is 10.4. The molecular formula is C15H24N2O4S. The Bertz CT molecular complexity index is 591. The van der Waals surface area contributed by atoms with E-state index < -0.39 is 21.4 Å². The Labute approximate surface area is 132 Å². The van der Waals surface area contributed by atoms with E-state index >= 15 is 0 Å². The van der Waals surface area contributed by atoms with Crippen molar-refractivity contribution in [3.63, 3.8) is 0 Å². The lowest BCUT2D eigenvalue weighted by Crippen LogP contribution is -2.37. The van der Waals surface area contributed by atoms with E-state index in [4.69, 9.17) is 4.74 Å². The van der Waals surface area contributed by atoms with Crippen LogP contribution >= 0.6 is 0 Å². The number of likely N-dealkylation sites (tertiary alicyclic amines) is 1. The third-order valence-electron chi connectivity index (χ3n) is 3.95. The number of nitrogens with zero attached hydrogens (tertiary/aromatic N) is 1. The lowest BCUT2D eigenvalue weighted by atomic mass is 10.2. The molecule has 1 aliphatic heterocycles. The molecule has 0 amide bonds. The summed E-state index contributed by atoms with van der Waals surface area (Å²) in [4.78, 5) is 1.96. The fourth-order valence-corrected chi connectivity index (χ4v) is 3.79. The molecule has 2 rings (SSSR count). The first kappa shape index (κ1) is 17.2. The summed E-state index contributed by atoms with van der Waals surface area (Å²) < 4.78 is 31.5. The molecule has 2 atom stereocenters. The minimum atomic E-state index is -3.23. The van der Waals surface area contributed by atoms with Crippen LogP contribution < -0.4 is 9.46 Å². The van der Waals surface area contributed by atoms with Crippen LogP contribution in [0, 0.1) is 6.92 Å². The highest BCUT2D eigenvalue weighted by atomic mass is 32.2. The second-order valence-electron chi connectivity index (χ2n) is 5.65. The van der Waals surface area contributed by atoms with Crippen LogP contribution in [0.2, 0.25) is 0 Å². The molecule has 0 aliphatic carbocycles. The average molecular weight is 328 g/mol. The lowest BCUT2D eigenvalue weighted by Gasteiger charge is -2.20. The molecule has 1 aromatic rings. The highest BCUT2D eigenvalue weighted by molar-refractivity contribution is 7.90. The van der Waals surface area contributed by atoms with E-state index in [2.05, 4.69) is 4.72 Å². The van der Waals surface area contributed by atoms with E-state index in [-0.39, 0.29) is 6.61 Å². The SMILES string of the molecule is CNS(=O)(=O)C1CCN(CC(O)COc2ccccc2C)C1. The minimum absolute atomic E-state index is 0.199. The third kappa shape index (κ3) is 4.42. The Hall–Kier alpha value is -1.15. The monoisotopic (exact) mass is 328 g/mol. The van der Waals surface area contributed by atoms with Crippen LogP contribution in [-0.4, -0.2) is 63.1 Å². The molecule has 2 N–H and O–H groups in total. The Morgan fingerprint density at radius 3 is 2.86 bits per heavy atom. The van der Waals surface area contributed by atoms with E-state index in [1.807, 2.05) is 36.1 Å². The fourth-order valence-electron chi connectivity index (χ4n) is 2.64. The summed E-state index contributed by atoms with van der Waals surface area (Å²) >= 11 is 0. The number of rotatable bonds is 7. The van der Waals surface area contributed by atoms with Gasteiger partial charge in [0.05, 0.1) is 5.25 Å². The van der Waals surface area contributed by atoms with Crippen molar-refractivity contribution in [1.29, 1.82) is 0 Å². The van der Waals surface area contributed by atoms with Gasteiger partial charge in [-0.1, -0.05) is 18.2 Å². The van der Waals surface area contributed by atoms with Crippen molar-refractivity contribution in [1.82, 2.24) is 9.62 Å². The molecule has 1 fully saturated rings. The van der Waals surface area contributed by atoms with Crippen LogP contribution in [0.3, 0.4) is 0 Å². The Balaban J connectivity index is 1.79. The van der Waals surface area contributed by atoms with Crippen molar-refractivity contribution in [2.24, 2.45) is 0 Å². The largest absolute Gasteiger partial charge is 0.491 e. The second-order valence-corrected chi connectivity index (χ2v) is 7.81. The molecule has 0 aromatic heterocycles. The maximum Gasteiger partial charge on any atom is 0.215 e. The number of ether oxygens (including phenoxy) is 1. The van der Waals surface area contributed by atoms with Crippen molar-refractivity contribution < 1.29 is 18.3 Å². The van der Waals surface area contributed by atoms with Gasteiger partial charge < -0.3 is 9.84 Å². The number of aliphatic hydroxyl groups excluding tert-OH is 1. The summed E-state index contributed by atoms with van der Waals surface area (Å²) in [5.74, 6) is 0.763. The molecule has 1 aromatic carbocycles. The van der Waals surface area contributed by atoms with Crippen molar-refractivity contribution in [3.8, 4) is 5.75 Å². The van der Waals surface area contributed by atoms with Gasteiger partial charge in [-0.2, -0.15) is 0 Å². The maximum absolute atomic E-state index is 11.8. The average Bonchev–Trinajstić information content (AvgIpc) is 2.95. The molecule has 1 saturated heterocycles. The van der Waals surface area contributed by atoms with Gasteiger partial charge in [-0.25, -0.2) is 13.1 Å². The number of benzene rings is 1. The van der Waals surface area contributed by atoms with Gasteiger partial charge in [0, 0.05) is 13.1 Å². The number of sulfonamides is 1. The normalized spacial score (nSPS) is 21.0. The zero-order valence-corrected chi connectivity index (χ0v) is 13.8. The first-order valence-electron chi connectivity index (χ1n) is 7.43. The number of nitrogens with one attached hydrogen (secondary N) is 1. The van der Waals surface area contributed by atoms with Crippen molar-refractivity contribution in [3.05, 3.63) is 29.8 Å². The maximum atomic E-state index is 11.8. The fraction of sp³-hybridized carbons (Fsp3) is 0.600. The standard InChI is InChI=1S/C15H24N2O4S/c1-12-5-3-4-6-15(12)21-11-13(18)9-17-8-7-14(10-17)22(19,20)16-2/h3-6,13-14,16,18H,7-11H2,1-2H3. The molecule has 124 valence electrons. The molecule has 0 radical (unpaired) electrons. The molecule has 7 heteroatoms. The second kappa shape index (κ2) is 7.41. The van der Waals surface area contributed by atoms with E-state index in [1.54, 1.807) is 0 Å². The number of hydrogen-bond donors (Lipinski definition) is 2. The van der Waals surface area contributed by atoms with Crippen LogP contribution in [0.5, 0.6) is 5.75 Å². The summed E-state index contributed by atoms with van der Waals surface area (Å²) in [6.07, 6.45) is -0.0511. The molecule has 1 heterocycles. The molecule has 6 nitrogen and oxygen atoms in total. The van der Waals surface area contributed by atoms with Gasteiger partial charge in [0.15, 0.2) is 0 Å². The van der Waals surface area contributed by atoms with Gasteiger partial charge in [0.25, 0.3) is 0 Å². The minimum Gasteiger partial charge on any atom is -0.491 e. The molecule has 22 heavy (non-hydrogen) atoms. The number of aliphatic hydroxyl groups is 1. The summed E-state index contributed by atoms with van der Waals surface area (Å²) in [5.41, 5.74) is 1.02. The molecule has 0 spiro atoms. The van der Waals surface area contributed by atoms with E-state index in [9.17, 15) is 13.5 Å². The summed E-state index contributed by atoms with van der Waals surface area (Å²) in [6, 6.07) is 7.65.